The predicted molar refractivity (Wildman–Crippen MR) is 95.1 cm³/mol. The lowest BCUT2D eigenvalue weighted by Crippen LogP contribution is -2.19. The number of rotatable bonds is 5. The van der Waals surface area contributed by atoms with E-state index in [1.54, 1.807) is 16.8 Å². The average Bonchev–Trinajstić information content (AvgIpc) is 2.56. The largest absolute Gasteiger partial charge is 0.381 e. The van der Waals surface area contributed by atoms with E-state index >= 15 is 0 Å². The number of hydrogen-bond acceptors (Lipinski definition) is 3. The normalized spacial score (nSPS) is 10.9. The smallest absolute Gasteiger partial charge is 0.259 e. The van der Waals surface area contributed by atoms with E-state index in [0.717, 1.165) is 23.1 Å². The van der Waals surface area contributed by atoms with Crippen LogP contribution in [0, 0.1) is 0 Å². The molecule has 4 nitrogen and oxygen atoms in total. The third-order valence-corrected chi connectivity index (χ3v) is 4.01. The summed E-state index contributed by atoms with van der Waals surface area (Å²) in [4.78, 5) is 16.6. The van der Waals surface area contributed by atoms with Crippen molar-refractivity contribution in [1.29, 1.82) is 0 Å². The Balaban J connectivity index is 1.92. The molecule has 0 amide bonds. The summed E-state index contributed by atoms with van der Waals surface area (Å²) in [6, 6.07) is 9.60. The van der Waals surface area contributed by atoms with Gasteiger partial charge in [-0.2, -0.15) is 0 Å². The van der Waals surface area contributed by atoms with Crippen molar-refractivity contribution < 1.29 is 0 Å². The molecule has 3 aromatic rings. The number of nitrogens with one attached hydrogen (secondary N) is 1. The summed E-state index contributed by atoms with van der Waals surface area (Å²) in [7, 11) is 0. The van der Waals surface area contributed by atoms with Crippen molar-refractivity contribution in [3.05, 3.63) is 69.9 Å². The first-order valence-corrected chi connectivity index (χ1v) is 8.02. The zero-order chi connectivity index (χ0) is 16.2. The van der Waals surface area contributed by atoms with Crippen LogP contribution in [-0.2, 0) is 13.1 Å². The van der Waals surface area contributed by atoms with Gasteiger partial charge in [0, 0.05) is 37.4 Å². The first kappa shape index (κ1) is 15.6. The fourth-order valence-electron chi connectivity index (χ4n) is 2.59. The molecule has 3 rings (SSSR count). The van der Waals surface area contributed by atoms with Gasteiger partial charge in [0.15, 0.2) is 0 Å². The Bertz CT molecular complexity index is 875. The van der Waals surface area contributed by atoms with Crippen LogP contribution in [0.15, 0.2) is 53.7 Å². The van der Waals surface area contributed by atoms with Gasteiger partial charge in [-0.1, -0.05) is 24.6 Å². The summed E-state index contributed by atoms with van der Waals surface area (Å²) in [5.41, 5.74) is 1.94. The summed E-state index contributed by atoms with van der Waals surface area (Å²) in [5.74, 6) is 0. The van der Waals surface area contributed by atoms with E-state index in [2.05, 4.69) is 10.3 Å². The molecule has 0 aliphatic carbocycles. The molecule has 0 spiro atoms. The monoisotopic (exact) mass is 327 g/mol. The first-order valence-electron chi connectivity index (χ1n) is 7.64. The van der Waals surface area contributed by atoms with E-state index in [1.165, 1.54) is 0 Å². The number of pyridine rings is 2. The maximum atomic E-state index is 12.5. The molecule has 0 atom stereocenters. The molecule has 1 N–H and O–H groups in total. The molecule has 0 fully saturated rings. The molecule has 2 heterocycles. The number of benzene rings is 1. The van der Waals surface area contributed by atoms with E-state index < -0.39 is 0 Å². The third kappa shape index (κ3) is 3.37. The van der Waals surface area contributed by atoms with Gasteiger partial charge >= 0.3 is 0 Å². The lowest BCUT2D eigenvalue weighted by molar-refractivity contribution is 0.659. The van der Waals surface area contributed by atoms with Gasteiger partial charge in [-0.05, 0) is 41.6 Å². The summed E-state index contributed by atoms with van der Waals surface area (Å²) >= 11 is 6.36. The zero-order valence-corrected chi connectivity index (χ0v) is 13.7. The van der Waals surface area contributed by atoms with Crippen molar-refractivity contribution in [1.82, 2.24) is 9.55 Å². The summed E-state index contributed by atoms with van der Waals surface area (Å²) in [6.07, 6.45) is 6.31. The number of nitrogens with zero attached hydrogens (tertiary/aromatic N) is 2. The Morgan fingerprint density at radius 2 is 2.17 bits per heavy atom. The molecule has 0 saturated heterocycles. The van der Waals surface area contributed by atoms with Gasteiger partial charge in [0.1, 0.15) is 0 Å². The van der Waals surface area contributed by atoms with E-state index in [4.69, 9.17) is 11.6 Å². The van der Waals surface area contributed by atoms with Crippen molar-refractivity contribution in [2.24, 2.45) is 0 Å². The van der Waals surface area contributed by atoms with Crippen LogP contribution in [0.2, 0.25) is 5.02 Å². The summed E-state index contributed by atoms with van der Waals surface area (Å²) in [6.45, 7) is 3.40. The van der Waals surface area contributed by atoms with Crippen molar-refractivity contribution in [2.75, 3.05) is 5.32 Å². The van der Waals surface area contributed by atoms with Gasteiger partial charge in [-0.25, -0.2) is 0 Å². The molecule has 0 saturated carbocycles. The van der Waals surface area contributed by atoms with Gasteiger partial charge in [0.05, 0.1) is 10.4 Å². The number of hydrogen-bond donors (Lipinski definition) is 1. The quantitative estimate of drug-likeness (QED) is 0.768. The van der Waals surface area contributed by atoms with Crippen LogP contribution in [0.5, 0.6) is 0 Å². The zero-order valence-electron chi connectivity index (χ0n) is 12.9. The van der Waals surface area contributed by atoms with Crippen molar-refractivity contribution in [3.8, 4) is 0 Å². The molecule has 118 valence electrons. The standard InChI is InChI=1S/C18H18ClN3O/c1-2-7-22-8-5-14-9-15(10-16(19)17(14)18(22)23)21-12-13-4-3-6-20-11-13/h3-6,8-11,21H,2,7,12H2,1H3. The Kier molecular flexibility index (Phi) is 4.63. The van der Waals surface area contributed by atoms with Crippen LogP contribution in [-0.4, -0.2) is 9.55 Å². The number of anilines is 1. The van der Waals surface area contributed by atoms with Crippen molar-refractivity contribution in [3.63, 3.8) is 0 Å². The highest BCUT2D eigenvalue weighted by Gasteiger charge is 2.08. The molecule has 0 unspecified atom stereocenters. The van der Waals surface area contributed by atoms with Crippen LogP contribution in [0.4, 0.5) is 5.69 Å². The lowest BCUT2D eigenvalue weighted by atomic mass is 10.1. The summed E-state index contributed by atoms with van der Waals surface area (Å²) in [5, 5.41) is 5.23. The lowest BCUT2D eigenvalue weighted by Gasteiger charge is -2.11. The Morgan fingerprint density at radius 1 is 1.30 bits per heavy atom. The molecular weight excluding hydrogens is 310 g/mol. The van der Waals surface area contributed by atoms with Crippen molar-refractivity contribution in [2.45, 2.75) is 26.4 Å². The van der Waals surface area contributed by atoms with E-state index in [-0.39, 0.29) is 5.56 Å². The van der Waals surface area contributed by atoms with Gasteiger partial charge in [0.2, 0.25) is 0 Å². The Hall–Kier alpha value is -2.33. The van der Waals surface area contributed by atoms with Crippen LogP contribution in [0.1, 0.15) is 18.9 Å². The van der Waals surface area contributed by atoms with Crippen LogP contribution in [0.25, 0.3) is 10.8 Å². The van der Waals surface area contributed by atoms with Crippen LogP contribution in [0.3, 0.4) is 0 Å². The topological polar surface area (TPSA) is 46.9 Å². The molecule has 0 radical (unpaired) electrons. The van der Waals surface area contributed by atoms with Gasteiger partial charge in [0.25, 0.3) is 5.56 Å². The molecule has 0 aliphatic rings. The van der Waals surface area contributed by atoms with Gasteiger partial charge in [-0.15, -0.1) is 0 Å². The van der Waals surface area contributed by atoms with Gasteiger partial charge < -0.3 is 9.88 Å². The minimum absolute atomic E-state index is 0.0341. The minimum atomic E-state index is -0.0341. The van der Waals surface area contributed by atoms with Gasteiger partial charge in [-0.3, -0.25) is 9.78 Å². The number of aryl methyl sites for hydroxylation is 1. The second-order valence-electron chi connectivity index (χ2n) is 5.45. The second-order valence-corrected chi connectivity index (χ2v) is 5.86. The molecule has 2 aromatic heterocycles. The molecule has 1 aromatic carbocycles. The fraction of sp³-hybridized carbons (Fsp3) is 0.222. The first-order chi connectivity index (χ1) is 11.2. The number of halogens is 1. The second kappa shape index (κ2) is 6.84. The highest BCUT2D eigenvalue weighted by Crippen LogP contribution is 2.25. The summed E-state index contributed by atoms with van der Waals surface area (Å²) < 4.78 is 1.71. The van der Waals surface area contributed by atoms with E-state index in [0.29, 0.717) is 23.5 Å². The maximum absolute atomic E-state index is 12.5. The van der Waals surface area contributed by atoms with Crippen LogP contribution >= 0.6 is 11.6 Å². The maximum Gasteiger partial charge on any atom is 0.259 e. The average molecular weight is 328 g/mol. The molecule has 0 aliphatic heterocycles. The third-order valence-electron chi connectivity index (χ3n) is 3.71. The Morgan fingerprint density at radius 3 is 2.91 bits per heavy atom. The molecular formula is C18H18ClN3O. The van der Waals surface area contributed by atoms with E-state index in [1.807, 2.05) is 43.6 Å². The predicted octanol–water partition coefficient (Wildman–Crippen LogP) is 4.07. The number of aromatic nitrogens is 2. The van der Waals surface area contributed by atoms with Crippen LogP contribution < -0.4 is 10.9 Å². The molecule has 23 heavy (non-hydrogen) atoms. The SMILES string of the molecule is CCCn1ccc2cc(NCc3cccnc3)cc(Cl)c2c1=O. The Labute approximate surface area is 139 Å². The molecule has 0 bridgehead atoms. The fourth-order valence-corrected chi connectivity index (χ4v) is 2.90. The van der Waals surface area contributed by atoms with Crippen molar-refractivity contribution >= 4 is 28.1 Å². The highest BCUT2D eigenvalue weighted by atomic mass is 35.5. The highest BCUT2D eigenvalue weighted by molar-refractivity contribution is 6.35. The minimum Gasteiger partial charge on any atom is -0.381 e. The van der Waals surface area contributed by atoms with E-state index in [9.17, 15) is 4.79 Å². The number of fused-ring (bicyclic) bond motifs is 1. The molecule has 5 heteroatoms.